The van der Waals surface area contributed by atoms with Gasteiger partial charge in [-0.15, -0.1) is 0 Å². The van der Waals surface area contributed by atoms with E-state index in [0.29, 0.717) is 5.92 Å². The van der Waals surface area contributed by atoms with Crippen molar-refractivity contribution in [1.29, 1.82) is 0 Å². The molecule has 0 radical (unpaired) electrons. The van der Waals surface area contributed by atoms with Gasteiger partial charge in [0.15, 0.2) is 0 Å². The summed E-state index contributed by atoms with van der Waals surface area (Å²) in [5, 5.41) is 3.15. The second kappa shape index (κ2) is 7.93. The summed E-state index contributed by atoms with van der Waals surface area (Å²) in [5.41, 5.74) is 2.06. The van der Waals surface area contributed by atoms with E-state index in [1.54, 1.807) is 0 Å². The molecule has 1 aliphatic rings. The summed E-state index contributed by atoms with van der Waals surface area (Å²) in [4.78, 5) is 12.8. The highest BCUT2D eigenvalue weighted by Crippen LogP contribution is 2.25. The Bertz CT molecular complexity index is 567. The summed E-state index contributed by atoms with van der Waals surface area (Å²) >= 11 is 0. The van der Waals surface area contributed by atoms with E-state index in [4.69, 9.17) is 4.74 Å². The zero-order valence-electron chi connectivity index (χ0n) is 13.3. The van der Waals surface area contributed by atoms with E-state index in [-0.39, 0.29) is 11.8 Å². The number of hydrogen-bond acceptors (Lipinski definition) is 2. The lowest BCUT2D eigenvalue weighted by molar-refractivity contribution is -0.122. The van der Waals surface area contributed by atoms with Crippen LogP contribution in [-0.2, 0) is 9.53 Å². The van der Waals surface area contributed by atoms with Crippen molar-refractivity contribution in [2.45, 2.75) is 18.8 Å². The highest BCUT2D eigenvalue weighted by atomic mass is 16.5. The molecule has 0 aliphatic carbocycles. The van der Waals surface area contributed by atoms with Crippen molar-refractivity contribution in [2.75, 3.05) is 19.8 Å². The van der Waals surface area contributed by atoms with Crippen molar-refractivity contribution in [2.24, 2.45) is 5.92 Å². The van der Waals surface area contributed by atoms with Crippen molar-refractivity contribution in [1.82, 2.24) is 5.32 Å². The minimum Gasteiger partial charge on any atom is -0.381 e. The summed E-state index contributed by atoms with van der Waals surface area (Å²) in [6.07, 6.45) is 2.06. The van der Waals surface area contributed by atoms with E-state index >= 15 is 0 Å². The first-order valence-electron chi connectivity index (χ1n) is 8.30. The van der Waals surface area contributed by atoms with Gasteiger partial charge < -0.3 is 10.1 Å². The molecule has 0 atom stereocenters. The summed E-state index contributed by atoms with van der Waals surface area (Å²) in [5.74, 6) is 0.353. The Hall–Kier alpha value is -2.13. The Kier molecular flexibility index (Phi) is 5.43. The van der Waals surface area contributed by atoms with Gasteiger partial charge in [-0.2, -0.15) is 0 Å². The number of benzene rings is 2. The third kappa shape index (κ3) is 4.20. The number of carbonyl (C=O) groups is 1. The van der Waals surface area contributed by atoms with Crippen LogP contribution in [0, 0.1) is 5.92 Å². The second-order valence-corrected chi connectivity index (χ2v) is 6.06. The fraction of sp³-hybridized carbons (Fsp3) is 0.350. The first-order valence-corrected chi connectivity index (χ1v) is 8.30. The molecule has 1 amide bonds. The van der Waals surface area contributed by atoms with Gasteiger partial charge >= 0.3 is 0 Å². The van der Waals surface area contributed by atoms with Crippen molar-refractivity contribution < 1.29 is 9.53 Å². The second-order valence-electron chi connectivity index (χ2n) is 6.06. The van der Waals surface area contributed by atoms with E-state index in [2.05, 4.69) is 5.32 Å². The largest absolute Gasteiger partial charge is 0.381 e. The molecular weight excluding hydrogens is 286 g/mol. The van der Waals surface area contributed by atoms with Gasteiger partial charge in [-0.3, -0.25) is 4.79 Å². The van der Waals surface area contributed by atoms with Crippen LogP contribution in [0.4, 0.5) is 0 Å². The number of rotatable bonds is 5. The Morgan fingerprint density at radius 2 is 1.48 bits per heavy atom. The highest BCUT2D eigenvalue weighted by molar-refractivity contribution is 5.87. The average Bonchev–Trinajstić information content (AvgIpc) is 2.63. The maximum absolute atomic E-state index is 12.8. The predicted octanol–water partition coefficient (Wildman–Crippen LogP) is 3.36. The quantitative estimate of drug-likeness (QED) is 0.919. The highest BCUT2D eigenvalue weighted by Gasteiger charge is 2.23. The third-order valence-corrected chi connectivity index (χ3v) is 4.43. The van der Waals surface area contributed by atoms with Gasteiger partial charge in [0.25, 0.3) is 0 Å². The fourth-order valence-corrected chi connectivity index (χ4v) is 3.08. The van der Waals surface area contributed by atoms with Crippen molar-refractivity contribution in [3.63, 3.8) is 0 Å². The number of hydrogen-bond donors (Lipinski definition) is 1. The minimum atomic E-state index is -0.253. The molecule has 2 aromatic rings. The van der Waals surface area contributed by atoms with Crippen LogP contribution in [-0.4, -0.2) is 25.7 Å². The molecule has 1 fully saturated rings. The van der Waals surface area contributed by atoms with Crippen LogP contribution in [0.15, 0.2) is 60.7 Å². The van der Waals surface area contributed by atoms with E-state index in [1.165, 1.54) is 0 Å². The van der Waals surface area contributed by atoms with Gasteiger partial charge in [0, 0.05) is 19.8 Å². The summed E-state index contributed by atoms with van der Waals surface area (Å²) in [7, 11) is 0. The van der Waals surface area contributed by atoms with Crippen LogP contribution in [0.2, 0.25) is 0 Å². The first kappa shape index (κ1) is 15.8. The summed E-state index contributed by atoms with van der Waals surface area (Å²) < 4.78 is 5.38. The van der Waals surface area contributed by atoms with Gasteiger partial charge in [0.05, 0.1) is 5.92 Å². The van der Waals surface area contributed by atoms with E-state index in [0.717, 1.165) is 43.7 Å². The smallest absolute Gasteiger partial charge is 0.232 e. The Labute approximate surface area is 137 Å². The number of ether oxygens (including phenoxy) is 1. The maximum Gasteiger partial charge on any atom is 0.232 e. The first-order chi connectivity index (χ1) is 11.3. The lowest BCUT2D eigenvalue weighted by Crippen LogP contribution is -2.35. The fourth-order valence-electron chi connectivity index (χ4n) is 3.08. The van der Waals surface area contributed by atoms with Crippen LogP contribution < -0.4 is 5.32 Å². The molecule has 3 nitrogen and oxygen atoms in total. The molecule has 1 aliphatic heterocycles. The van der Waals surface area contributed by atoms with Crippen LogP contribution in [0.3, 0.4) is 0 Å². The van der Waals surface area contributed by atoms with Crippen molar-refractivity contribution >= 4 is 5.91 Å². The lowest BCUT2D eigenvalue weighted by atomic mass is 9.90. The Balaban J connectivity index is 1.74. The number of carbonyl (C=O) groups excluding carboxylic acids is 1. The minimum absolute atomic E-state index is 0.0777. The van der Waals surface area contributed by atoms with Crippen LogP contribution in [0.1, 0.15) is 29.9 Å². The molecule has 1 heterocycles. The molecule has 0 unspecified atom stereocenters. The summed E-state index contributed by atoms with van der Waals surface area (Å²) in [6.45, 7) is 2.35. The number of amides is 1. The normalized spacial score (nSPS) is 15.5. The van der Waals surface area contributed by atoms with Crippen LogP contribution in [0.25, 0.3) is 0 Å². The molecule has 0 saturated carbocycles. The molecule has 3 heteroatoms. The summed E-state index contributed by atoms with van der Waals surface area (Å²) in [6, 6.07) is 20.0. The van der Waals surface area contributed by atoms with Crippen LogP contribution >= 0.6 is 0 Å². The molecule has 0 bridgehead atoms. The van der Waals surface area contributed by atoms with Gasteiger partial charge in [-0.05, 0) is 29.9 Å². The monoisotopic (exact) mass is 309 g/mol. The molecule has 0 aromatic heterocycles. The average molecular weight is 309 g/mol. The molecule has 2 aromatic carbocycles. The number of nitrogens with one attached hydrogen (secondary N) is 1. The van der Waals surface area contributed by atoms with E-state index < -0.39 is 0 Å². The van der Waals surface area contributed by atoms with Gasteiger partial charge in [0.2, 0.25) is 5.91 Å². The lowest BCUT2D eigenvalue weighted by Gasteiger charge is -2.24. The zero-order valence-corrected chi connectivity index (χ0v) is 13.3. The van der Waals surface area contributed by atoms with Gasteiger partial charge in [-0.25, -0.2) is 0 Å². The van der Waals surface area contributed by atoms with E-state index in [9.17, 15) is 4.79 Å². The molecule has 0 spiro atoms. The predicted molar refractivity (Wildman–Crippen MR) is 91.3 cm³/mol. The molecule has 3 rings (SSSR count). The maximum atomic E-state index is 12.8. The van der Waals surface area contributed by atoms with E-state index in [1.807, 2.05) is 60.7 Å². The SMILES string of the molecule is O=C(NCC1CCOCC1)C(c1ccccc1)c1ccccc1. The third-order valence-electron chi connectivity index (χ3n) is 4.43. The van der Waals surface area contributed by atoms with Crippen molar-refractivity contribution in [3.8, 4) is 0 Å². The van der Waals surface area contributed by atoms with Crippen LogP contribution in [0.5, 0.6) is 0 Å². The Morgan fingerprint density at radius 1 is 0.957 bits per heavy atom. The Morgan fingerprint density at radius 3 is 2.00 bits per heavy atom. The topological polar surface area (TPSA) is 38.3 Å². The molecule has 23 heavy (non-hydrogen) atoms. The molecular formula is C20H23NO2. The molecule has 1 N–H and O–H groups in total. The van der Waals surface area contributed by atoms with Crippen molar-refractivity contribution in [3.05, 3.63) is 71.8 Å². The standard InChI is InChI=1S/C20H23NO2/c22-20(21-15-16-11-13-23-14-12-16)19(17-7-3-1-4-8-17)18-9-5-2-6-10-18/h1-10,16,19H,11-15H2,(H,21,22). The molecule has 120 valence electrons. The zero-order chi connectivity index (χ0) is 15.9. The molecule has 1 saturated heterocycles. The van der Waals surface area contributed by atoms with Gasteiger partial charge in [-0.1, -0.05) is 60.7 Å². The van der Waals surface area contributed by atoms with Gasteiger partial charge in [0.1, 0.15) is 0 Å².